The number of hydrogen-bond donors (Lipinski definition) is 2. The number of nitrogens with zero attached hydrogens (tertiary/aromatic N) is 1. The van der Waals surface area contributed by atoms with E-state index in [0.717, 1.165) is 28.9 Å². The Kier molecular flexibility index (Phi) is 4.36. The summed E-state index contributed by atoms with van der Waals surface area (Å²) >= 11 is 1.48. The van der Waals surface area contributed by atoms with Crippen LogP contribution in [0.1, 0.15) is 10.7 Å². The highest BCUT2D eigenvalue weighted by atomic mass is 32.2. The van der Waals surface area contributed by atoms with Crippen molar-refractivity contribution in [2.24, 2.45) is 0 Å². The number of halogens is 1. The summed E-state index contributed by atoms with van der Waals surface area (Å²) in [6, 6.07) is 3.20. The summed E-state index contributed by atoms with van der Waals surface area (Å²) in [5.74, 6) is -0.570. The number of anilines is 1. The van der Waals surface area contributed by atoms with Gasteiger partial charge in [0.05, 0.1) is 10.7 Å². The maximum absolute atomic E-state index is 12.9. The molecule has 0 fully saturated rings. The van der Waals surface area contributed by atoms with E-state index in [1.807, 2.05) is 12.3 Å². The van der Waals surface area contributed by atoms with E-state index < -0.39 is 15.8 Å². The molecular formula is C12H14FN3O2S2. The van der Waals surface area contributed by atoms with Gasteiger partial charge >= 0.3 is 0 Å². The van der Waals surface area contributed by atoms with Crippen molar-refractivity contribution in [3.05, 3.63) is 40.1 Å². The van der Waals surface area contributed by atoms with Crippen LogP contribution in [0.15, 0.2) is 28.5 Å². The standard InChI is InChI=1S/C12H14FN3O2S2/c1-8-7-19-12(16-8)4-5-15-20(17,18)11-3-2-9(13)6-10(11)14/h2-3,6-7,15H,4-5,14H2,1H3. The van der Waals surface area contributed by atoms with E-state index in [4.69, 9.17) is 5.73 Å². The number of aryl methyl sites for hydroxylation is 1. The number of hydrogen-bond acceptors (Lipinski definition) is 5. The van der Waals surface area contributed by atoms with Crippen LogP contribution in [-0.2, 0) is 16.4 Å². The lowest BCUT2D eigenvalue weighted by molar-refractivity contribution is 0.581. The molecule has 20 heavy (non-hydrogen) atoms. The van der Waals surface area contributed by atoms with Crippen molar-refractivity contribution in [1.82, 2.24) is 9.71 Å². The number of rotatable bonds is 5. The van der Waals surface area contributed by atoms with Gasteiger partial charge in [0.2, 0.25) is 10.0 Å². The molecule has 1 aromatic carbocycles. The second kappa shape index (κ2) is 5.86. The molecule has 0 aliphatic heterocycles. The van der Waals surface area contributed by atoms with Gasteiger partial charge in [-0.25, -0.2) is 22.5 Å². The predicted octanol–water partition coefficient (Wildman–Crippen LogP) is 1.69. The largest absolute Gasteiger partial charge is 0.398 e. The molecule has 0 aliphatic rings. The average Bonchev–Trinajstić information content (AvgIpc) is 2.74. The van der Waals surface area contributed by atoms with Crippen LogP contribution in [0.2, 0.25) is 0 Å². The van der Waals surface area contributed by atoms with Crippen LogP contribution < -0.4 is 10.5 Å². The van der Waals surface area contributed by atoms with E-state index in [0.29, 0.717) is 6.42 Å². The average molecular weight is 315 g/mol. The Morgan fingerprint density at radius 2 is 2.20 bits per heavy atom. The summed E-state index contributed by atoms with van der Waals surface area (Å²) in [4.78, 5) is 4.13. The van der Waals surface area contributed by atoms with Gasteiger partial charge in [0.15, 0.2) is 0 Å². The summed E-state index contributed by atoms with van der Waals surface area (Å²) in [5.41, 5.74) is 6.33. The summed E-state index contributed by atoms with van der Waals surface area (Å²) in [7, 11) is -3.74. The molecule has 0 radical (unpaired) electrons. The summed E-state index contributed by atoms with van der Waals surface area (Å²) in [6.07, 6.45) is 0.499. The molecule has 0 spiro atoms. The maximum Gasteiger partial charge on any atom is 0.242 e. The molecule has 5 nitrogen and oxygen atoms in total. The van der Waals surface area contributed by atoms with Crippen molar-refractivity contribution in [2.75, 3.05) is 12.3 Å². The summed E-state index contributed by atoms with van der Waals surface area (Å²) in [5, 5.41) is 2.76. The lowest BCUT2D eigenvalue weighted by atomic mass is 10.3. The van der Waals surface area contributed by atoms with Crippen LogP contribution in [0.3, 0.4) is 0 Å². The maximum atomic E-state index is 12.9. The Balaban J connectivity index is 2.04. The SMILES string of the molecule is Cc1csc(CCNS(=O)(=O)c2ccc(F)cc2N)n1. The van der Waals surface area contributed by atoms with Crippen molar-refractivity contribution < 1.29 is 12.8 Å². The number of sulfonamides is 1. The highest BCUT2D eigenvalue weighted by molar-refractivity contribution is 7.89. The van der Waals surface area contributed by atoms with Crippen LogP contribution in [0.4, 0.5) is 10.1 Å². The molecule has 3 N–H and O–H groups in total. The van der Waals surface area contributed by atoms with E-state index in [2.05, 4.69) is 9.71 Å². The number of nitrogens with two attached hydrogens (primary N) is 1. The van der Waals surface area contributed by atoms with Crippen molar-refractivity contribution >= 4 is 27.0 Å². The second-order valence-electron chi connectivity index (χ2n) is 4.21. The molecule has 0 amide bonds. The lowest BCUT2D eigenvalue weighted by Gasteiger charge is -2.08. The van der Waals surface area contributed by atoms with Crippen molar-refractivity contribution in [2.45, 2.75) is 18.2 Å². The quantitative estimate of drug-likeness (QED) is 0.822. The first kappa shape index (κ1) is 14.9. The van der Waals surface area contributed by atoms with Gasteiger partial charge in [-0.2, -0.15) is 0 Å². The Hall–Kier alpha value is -1.51. The molecule has 2 rings (SSSR count). The van der Waals surface area contributed by atoms with Crippen LogP contribution in [0.5, 0.6) is 0 Å². The minimum Gasteiger partial charge on any atom is -0.398 e. The highest BCUT2D eigenvalue weighted by Crippen LogP contribution is 2.19. The number of nitrogens with one attached hydrogen (secondary N) is 1. The third-order valence-electron chi connectivity index (χ3n) is 2.56. The first-order chi connectivity index (χ1) is 9.38. The Labute approximate surface area is 120 Å². The van der Waals surface area contributed by atoms with Gasteiger partial charge in [0.25, 0.3) is 0 Å². The van der Waals surface area contributed by atoms with Crippen LogP contribution in [-0.4, -0.2) is 19.9 Å². The first-order valence-electron chi connectivity index (χ1n) is 5.84. The van der Waals surface area contributed by atoms with Gasteiger partial charge in [0, 0.05) is 24.0 Å². The number of aromatic nitrogens is 1. The minimum atomic E-state index is -3.74. The van der Waals surface area contributed by atoms with Gasteiger partial charge in [-0.3, -0.25) is 0 Å². The van der Waals surface area contributed by atoms with Crippen LogP contribution in [0, 0.1) is 12.7 Å². The van der Waals surface area contributed by atoms with Crippen LogP contribution in [0.25, 0.3) is 0 Å². The monoisotopic (exact) mass is 315 g/mol. The molecule has 1 aromatic heterocycles. The summed E-state index contributed by atoms with van der Waals surface area (Å²) < 4.78 is 39.4. The number of nitrogen functional groups attached to an aromatic ring is 1. The molecular weight excluding hydrogens is 301 g/mol. The van der Waals surface area contributed by atoms with E-state index in [1.165, 1.54) is 11.3 Å². The summed E-state index contributed by atoms with van der Waals surface area (Å²) in [6.45, 7) is 2.09. The van der Waals surface area contributed by atoms with Gasteiger partial charge in [-0.15, -0.1) is 11.3 Å². The van der Waals surface area contributed by atoms with Gasteiger partial charge in [-0.1, -0.05) is 0 Å². The molecule has 0 saturated heterocycles. The third kappa shape index (κ3) is 3.53. The van der Waals surface area contributed by atoms with Gasteiger partial charge in [0.1, 0.15) is 10.7 Å². The molecule has 0 saturated carbocycles. The Morgan fingerprint density at radius 1 is 1.45 bits per heavy atom. The van der Waals surface area contributed by atoms with E-state index >= 15 is 0 Å². The van der Waals surface area contributed by atoms with E-state index in [1.54, 1.807) is 0 Å². The molecule has 0 atom stereocenters. The zero-order valence-electron chi connectivity index (χ0n) is 10.8. The molecule has 8 heteroatoms. The molecule has 1 heterocycles. The third-order valence-corrected chi connectivity index (χ3v) is 5.12. The van der Waals surface area contributed by atoms with Gasteiger partial charge < -0.3 is 5.73 Å². The first-order valence-corrected chi connectivity index (χ1v) is 8.20. The zero-order chi connectivity index (χ0) is 14.8. The fourth-order valence-corrected chi connectivity index (χ4v) is 3.57. The predicted molar refractivity (Wildman–Crippen MR) is 76.6 cm³/mol. The topological polar surface area (TPSA) is 85.1 Å². The van der Waals surface area contributed by atoms with Crippen molar-refractivity contribution in [3.8, 4) is 0 Å². The van der Waals surface area contributed by atoms with Crippen molar-refractivity contribution in [1.29, 1.82) is 0 Å². The van der Waals surface area contributed by atoms with Crippen molar-refractivity contribution in [3.63, 3.8) is 0 Å². The fraction of sp³-hybridized carbons (Fsp3) is 0.250. The number of thiazole rings is 1. The molecule has 0 bridgehead atoms. The number of benzene rings is 1. The van der Waals surface area contributed by atoms with Gasteiger partial charge in [-0.05, 0) is 25.1 Å². The van der Waals surface area contributed by atoms with E-state index in [-0.39, 0.29) is 17.1 Å². The van der Waals surface area contributed by atoms with E-state index in [9.17, 15) is 12.8 Å². The smallest absolute Gasteiger partial charge is 0.242 e. The molecule has 108 valence electrons. The Bertz CT molecular complexity index is 713. The highest BCUT2D eigenvalue weighted by Gasteiger charge is 2.17. The fourth-order valence-electron chi connectivity index (χ4n) is 1.65. The second-order valence-corrected chi connectivity index (χ2v) is 6.89. The minimum absolute atomic E-state index is 0.109. The van der Waals surface area contributed by atoms with Crippen LogP contribution >= 0.6 is 11.3 Å². The lowest BCUT2D eigenvalue weighted by Crippen LogP contribution is -2.26. The molecule has 2 aromatic rings. The zero-order valence-corrected chi connectivity index (χ0v) is 12.4. The Morgan fingerprint density at radius 3 is 2.80 bits per heavy atom. The molecule has 0 aliphatic carbocycles. The molecule has 0 unspecified atom stereocenters. The normalized spacial score (nSPS) is 11.7.